The third kappa shape index (κ3) is 5.36. The zero-order chi connectivity index (χ0) is 32.1. The summed E-state index contributed by atoms with van der Waals surface area (Å²) < 4.78 is 57.9. The number of aromatic nitrogens is 4. The molecule has 0 aliphatic carbocycles. The lowest BCUT2D eigenvalue weighted by molar-refractivity contribution is -0.147. The van der Waals surface area contributed by atoms with Crippen LogP contribution >= 0.6 is 11.6 Å². The van der Waals surface area contributed by atoms with E-state index in [-0.39, 0.29) is 76.0 Å². The SMILES string of the molecule is C=CC(=O)N1CCN(c2nc(=O)n(-c3c(C)ccnc3C(C)C(F)(F)F)c3nc(-c4c(O)cccc4F)c(Cl)cc23)C(C)C1. The summed E-state index contributed by atoms with van der Waals surface area (Å²) in [6.07, 6.45) is -2.28. The quantitative estimate of drug-likeness (QED) is 0.228. The van der Waals surface area contributed by atoms with Crippen molar-refractivity contribution >= 4 is 34.4 Å². The van der Waals surface area contributed by atoms with Gasteiger partial charge in [-0.05, 0) is 56.7 Å². The number of rotatable bonds is 5. The smallest absolute Gasteiger partial charge is 0.397 e. The lowest BCUT2D eigenvalue weighted by atomic mass is 10.0. The van der Waals surface area contributed by atoms with Crippen molar-refractivity contribution < 1.29 is 27.5 Å². The Hall–Kier alpha value is -4.52. The van der Waals surface area contributed by atoms with Crippen LogP contribution in [0.2, 0.25) is 5.02 Å². The van der Waals surface area contributed by atoms with Crippen LogP contribution < -0.4 is 10.6 Å². The van der Waals surface area contributed by atoms with Crippen molar-refractivity contribution in [1.29, 1.82) is 0 Å². The number of phenols is 1. The number of benzene rings is 1. The zero-order valence-electron chi connectivity index (χ0n) is 23.9. The summed E-state index contributed by atoms with van der Waals surface area (Å²) in [7, 11) is 0. The van der Waals surface area contributed by atoms with Gasteiger partial charge >= 0.3 is 11.9 Å². The molecule has 4 aromatic rings. The maximum Gasteiger partial charge on any atom is 0.397 e. The Kier molecular flexibility index (Phi) is 8.10. The first kappa shape index (κ1) is 30.9. The number of anilines is 1. The maximum atomic E-state index is 15.0. The van der Waals surface area contributed by atoms with Gasteiger partial charge in [-0.1, -0.05) is 24.2 Å². The molecule has 0 spiro atoms. The van der Waals surface area contributed by atoms with Crippen LogP contribution in [0.1, 0.15) is 31.0 Å². The molecule has 2 atom stereocenters. The molecule has 230 valence electrons. The summed E-state index contributed by atoms with van der Waals surface area (Å²) in [6, 6.07) is 6.08. The summed E-state index contributed by atoms with van der Waals surface area (Å²) in [5.74, 6) is -3.55. The summed E-state index contributed by atoms with van der Waals surface area (Å²) in [6.45, 7) is 8.59. The molecule has 0 saturated carbocycles. The van der Waals surface area contributed by atoms with Crippen molar-refractivity contribution in [3.05, 3.63) is 81.8 Å². The van der Waals surface area contributed by atoms with Crippen molar-refractivity contribution in [3.8, 4) is 22.7 Å². The Bertz CT molecular complexity index is 1840. The van der Waals surface area contributed by atoms with E-state index in [1.807, 2.05) is 6.92 Å². The number of aromatic hydroxyl groups is 1. The molecular formula is C30H27ClF4N6O3. The van der Waals surface area contributed by atoms with E-state index in [1.165, 1.54) is 43.5 Å². The summed E-state index contributed by atoms with van der Waals surface area (Å²) in [4.78, 5) is 42.3. The fraction of sp³-hybridized carbons (Fsp3) is 0.300. The Morgan fingerprint density at radius 3 is 2.59 bits per heavy atom. The van der Waals surface area contributed by atoms with Gasteiger partial charge in [0.2, 0.25) is 5.91 Å². The maximum absolute atomic E-state index is 15.0. The average molecular weight is 631 g/mol. The van der Waals surface area contributed by atoms with E-state index in [9.17, 15) is 27.9 Å². The minimum atomic E-state index is -4.69. The highest BCUT2D eigenvalue weighted by Crippen LogP contribution is 2.41. The molecule has 0 radical (unpaired) electrons. The average Bonchev–Trinajstić information content (AvgIpc) is 2.96. The molecule has 2 unspecified atom stereocenters. The number of fused-ring (bicyclic) bond motifs is 1. The van der Waals surface area contributed by atoms with E-state index in [1.54, 1.807) is 9.80 Å². The Morgan fingerprint density at radius 1 is 1.23 bits per heavy atom. The van der Waals surface area contributed by atoms with Gasteiger partial charge in [0.25, 0.3) is 0 Å². The molecule has 14 heteroatoms. The molecule has 1 amide bonds. The number of hydrogen-bond acceptors (Lipinski definition) is 7. The number of phenolic OH excluding ortho intramolecular Hbond substituents is 1. The van der Waals surface area contributed by atoms with Gasteiger partial charge in [0, 0.05) is 31.9 Å². The number of amides is 1. The van der Waals surface area contributed by atoms with Gasteiger partial charge in [0.15, 0.2) is 5.65 Å². The van der Waals surface area contributed by atoms with Crippen molar-refractivity contribution in [2.75, 3.05) is 24.5 Å². The van der Waals surface area contributed by atoms with Crippen LogP contribution in [0.3, 0.4) is 0 Å². The van der Waals surface area contributed by atoms with E-state index in [4.69, 9.17) is 11.6 Å². The lowest BCUT2D eigenvalue weighted by Gasteiger charge is -2.40. The Balaban J connectivity index is 1.85. The van der Waals surface area contributed by atoms with Crippen LogP contribution in [-0.2, 0) is 4.79 Å². The molecular weight excluding hydrogens is 604 g/mol. The predicted molar refractivity (Wildman–Crippen MR) is 158 cm³/mol. The molecule has 1 N–H and O–H groups in total. The number of piperazine rings is 1. The molecule has 1 aliphatic heterocycles. The Labute approximate surface area is 254 Å². The highest BCUT2D eigenvalue weighted by atomic mass is 35.5. The van der Waals surface area contributed by atoms with Crippen molar-refractivity contribution in [2.24, 2.45) is 0 Å². The lowest BCUT2D eigenvalue weighted by Crippen LogP contribution is -2.54. The first-order valence-electron chi connectivity index (χ1n) is 13.6. The van der Waals surface area contributed by atoms with Crippen molar-refractivity contribution in [1.82, 2.24) is 24.4 Å². The number of nitrogens with zero attached hydrogens (tertiary/aromatic N) is 6. The second kappa shape index (κ2) is 11.5. The molecule has 3 aromatic heterocycles. The van der Waals surface area contributed by atoms with Crippen LogP contribution in [0.25, 0.3) is 28.0 Å². The highest BCUT2D eigenvalue weighted by molar-refractivity contribution is 6.34. The predicted octanol–water partition coefficient (Wildman–Crippen LogP) is 5.54. The number of aryl methyl sites for hydroxylation is 1. The normalized spacial score (nSPS) is 16.3. The molecule has 44 heavy (non-hydrogen) atoms. The number of hydrogen-bond donors (Lipinski definition) is 1. The van der Waals surface area contributed by atoms with Crippen LogP contribution in [-0.4, -0.2) is 67.3 Å². The molecule has 1 saturated heterocycles. The fourth-order valence-corrected chi connectivity index (χ4v) is 5.63. The van der Waals surface area contributed by atoms with Gasteiger partial charge < -0.3 is 14.9 Å². The highest BCUT2D eigenvalue weighted by Gasteiger charge is 2.40. The van der Waals surface area contributed by atoms with Gasteiger partial charge in [-0.3, -0.25) is 9.78 Å². The monoisotopic (exact) mass is 630 g/mol. The molecule has 1 fully saturated rings. The third-order valence-electron chi connectivity index (χ3n) is 7.69. The third-order valence-corrected chi connectivity index (χ3v) is 7.98. The molecule has 5 rings (SSSR count). The number of alkyl halides is 3. The van der Waals surface area contributed by atoms with Crippen LogP contribution in [0, 0.1) is 12.7 Å². The van der Waals surface area contributed by atoms with Crippen LogP contribution in [0.4, 0.5) is 23.4 Å². The van der Waals surface area contributed by atoms with Gasteiger partial charge in [0.1, 0.15) is 17.4 Å². The second-order valence-electron chi connectivity index (χ2n) is 10.5. The van der Waals surface area contributed by atoms with Crippen LogP contribution in [0.5, 0.6) is 5.75 Å². The number of carbonyl (C=O) groups excluding carboxylic acids is 1. The first-order valence-corrected chi connectivity index (χ1v) is 13.9. The summed E-state index contributed by atoms with van der Waals surface area (Å²) in [5, 5.41) is 10.6. The van der Waals surface area contributed by atoms with E-state index >= 15 is 4.39 Å². The molecule has 0 bridgehead atoms. The Morgan fingerprint density at radius 2 is 1.95 bits per heavy atom. The first-order chi connectivity index (χ1) is 20.7. The van der Waals surface area contributed by atoms with E-state index < -0.39 is 35.0 Å². The molecule has 1 aliphatic rings. The molecule has 1 aromatic carbocycles. The molecule has 9 nitrogen and oxygen atoms in total. The van der Waals surface area contributed by atoms with Gasteiger partial charge in [0.05, 0.1) is 39.0 Å². The number of carbonyl (C=O) groups is 1. The second-order valence-corrected chi connectivity index (χ2v) is 10.9. The van der Waals surface area contributed by atoms with E-state index in [2.05, 4.69) is 21.5 Å². The standard InChI is InChI=1S/C30H27ClF4N6O3/c1-5-22(43)39-11-12-40(16(3)14-39)27-18-13-19(31)25(23-20(32)7-6-8-21(23)42)37-28(18)41(29(44)38-27)26-15(2)9-10-36-24(26)17(4)30(33,34)35/h5-10,13,16-17,42H,1,11-12,14H2,2-4H3. The minimum Gasteiger partial charge on any atom is -0.507 e. The van der Waals surface area contributed by atoms with Crippen LogP contribution in [0.15, 0.2) is 54.0 Å². The fourth-order valence-electron chi connectivity index (χ4n) is 5.38. The van der Waals surface area contributed by atoms with Gasteiger partial charge in [-0.2, -0.15) is 18.2 Å². The number of pyridine rings is 2. The molecule has 4 heterocycles. The number of halogens is 5. The van der Waals surface area contributed by atoms with Crippen molar-refractivity contribution in [3.63, 3.8) is 0 Å². The van der Waals surface area contributed by atoms with Gasteiger partial charge in [-0.15, -0.1) is 0 Å². The zero-order valence-corrected chi connectivity index (χ0v) is 24.6. The largest absolute Gasteiger partial charge is 0.507 e. The summed E-state index contributed by atoms with van der Waals surface area (Å²) in [5.41, 5.74) is -2.07. The topological polar surface area (TPSA) is 104 Å². The minimum absolute atomic E-state index is 0.105. The van der Waals surface area contributed by atoms with E-state index in [0.717, 1.165) is 17.6 Å². The van der Waals surface area contributed by atoms with E-state index in [0.29, 0.717) is 0 Å². The summed E-state index contributed by atoms with van der Waals surface area (Å²) >= 11 is 6.62. The van der Waals surface area contributed by atoms with Crippen molar-refractivity contribution in [2.45, 2.75) is 38.9 Å². The van der Waals surface area contributed by atoms with Gasteiger partial charge in [-0.25, -0.2) is 18.7 Å².